The first kappa shape index (κ1) is 9.81. The van der Waals surface area contributed by atoms with E-state index in [1.54, 1.807) is 11.3 Å². The molecule has 3 rings (SSSR count). The number of hydrogen-bond acceptors (Lipinski definition) is 3. The van der Waals surface area contributed by atoms with Crippen molar-refractivity contribution in [2.24, 2.45) is 5.73 Å². The van der Waals surface area contributed by atoms with E-state index in [0.717, 1.165) is 17.9 Å². The second-order valence-corrected chi connectivity index (χ2v) is 4.89. The number of fused-ring (bicyclic) bond motifs is 3. The molecule has 0 fully saturated rings. The maximum Gasteiger partial charge on any atom is 0.123 e. The molecule has 3 nitrogen and oxygen atoms in total. The van der Waals surface area contributed by atoms with Crippen molar-refractivity contribution in [3.8, 4) is 0 Å². The van der Waals surface area contributed by atoms with Gasteiger partial charge in [-0.2, -0.15) is 0 Å². The Bertz CT molecular complexity index is 651. The molecule has 0 aliphatic heterocycles. The van der Waals surface area contributed by atoms with Crippen molar-refractivity contribution in [1.29, 1.82) is 0 Å². The lowest BCUT2D eigenvalue weighted by molar-refractivity contribution is 0.872. The minimum Gasteiger partial charge on any atom is -0.330 e. The van der Waals surface area contributed by atoms with E-state index in [4.69, 9.17) is 5.73 Å². The molecule has 0 atom stereocenters. The van der Waals surface area contributed by atoms with Gasteiger partial charge < -0.3 is 5.73 Å². The maximum atomic E-state index is 5.62. The molecule has 2 N–H and O–H groups in total. The number of aryl methyl sites for hydroxylation is 1. The molecule has 82 valence electrons. The van der Waals surface area contributed by atoms with Gasteiger partial charge in [0.1, 0.15) is 10.7 Å². The number of rotatable bonds is 2. The monoisotopic (exact) mass is 231 g/mol. The molecular formula is C12H13N3S. The Labute approximate surface area is 97.5 Å². The summed E-state index contributed by atoms with van der Waals surface area (Å²) in [5, 5.41) is 0. The molecule has 2 heterocycles. The summed E-state index contributed by atoms with van der Waals surface area (Å²) in [6, 6.07) is 8.43. The molecule has 1 aromatic carbocycles. The smallest absolute Gasteiger partial charge is 0.123 e. The summed E-state index contributed by atoms with van der Waals surface area (Å²) >= 11 is 1.79. The number of para-hydroxylation sites is 1. The number of benzene rings is 1. The van der Waals surface area contributed by atoms with Gasteiger partial charge in [0.15, 0.2) is 0 Å². The van der Waals surface area contributed by atoms with Crippen molar-refractivity contribution in [3.63, 3.8) is 0 Å². The number of nitrogens with two attached hydrogens (primary N) is 1. The molecule has 16 heavy (non-hydrogen) atoms. The molecule has 3 aromatic rings. The minimum absolute atomic E-state index is 0.642. The standard InChI is InChI=1S/C12H13N3S/c1-8-12-15(11(14-8)6-7-13)9-4-2-3-5-10(9)16-12/h2-5H,6-7,13H2,1H3. The van der Waals surface area contributed by atoms with Gasteiger partial charge in [0.25, 0.3) is 0 Å². The molecule has 0 aliphatic carbocycles. The van der Waals surface area contributed by atoms with E-state index in [0.29, 0.717) is 6.54 Å². The van der Waals surface area contributed by atoms with Crippen LogP contribution in [-0.2, 0) is 6.42 Å². The second-order valence-electron chi connectivity index (χ2n) is 3.86. The van der Waals surface area contributed by atoms with E-state index in [9.17, 15) is 0 Å². The molecule has 0 radical (unpaired) electrons. The van der Waals surface area contributed by atoms with Gasteiger partial charge in [-0.15, -0.1) is 11.3 Å². The lowest BCUT2D eigenvalue weighted by Crippen LogP contribution is -2.05. The SMILES string of the molecule is Cc1nc(CCN)n2c1sc1ccccc12. The number of aromatic nitrogens is 2. The van der Waals surface area contributed by atoms with Crippen LogP contribution in [0.4, 0.5) is 0 Å². The zero-order valence-electron chi connectivity index (χ0n) is 9.10. The van der Waals surface area contributed by atoms with Crippen LogP contribution in [0.3, 0.4) is 0 Å². The topological polar surface area (TPSA) is 43.3 Å². The van der Waals surface area contributed by atoms with Gasteiger partial charge in [0, 0.05) is 6.42 Å². The lowest BCUT2D eigenvalue weighted by atomic mass is 10.3. The number of nitrogens with zero attached hydrogens (tertiary/aromatic N) is 2. The van der Waals surface area contributed by atoms with Crippen molar-refractivity contribution in [3.05, 3.63) is 35.8 Å². The Hall–Kier alpha value is -1.39. The van der Waals surface area contributed by atoms with Crippen molar-refractivity contribution in [2.45, 2.75) is 13.3 Å². The summed E-state index contributed by atoms with van der Waals surface area (Å²) in [6.07, 6.45) is 0.829. The van der Waals surface area contributed by atoms with Gasteiger partial charge in [-0.3, -0.25) is 4.40 Å². The molecule has 0 spiro atoms. The van der Waals surface area contributed by atoms with E-state index in [2.05, 4.69) is 40.6 Å². The Balaban J connectivity index is 2.43. The Morgan fingerprint density at radius 2 is 2.19 bits per heavy atom. The third-order valence-corrected chi connectivity index (χ3v) is 3.98. The molecule has 0 unspecified atom stereocenters. The Morgan fingerprint density at radius 3 is 3.00 bits per heavy atom. The van der Waals surface area contributed by atoms with Crippen LogP contribution in [0.25, 0.3) is 15.0 Å². The van der Waals surface area contributed by atoms with Crippen molar-refractivity contribution in [1.82, 2.24) is 9.38 Å². The molecule has 0 bridgehead atoms. The van der Waals surface area contributed by atoms with Crippen LogP contribution >= 0.6 is 11.3 Å². The average Bonchev–Trinajstić information content (AvgIpc) is 2.79. The summed E-state index contributed by atoms with van der Waals surface area (Å²) in [7, 11) is 0. The summed E-state index contributed by atoms with van der Waals surface area (Å²) in [5.74, 6) is 1.08. The van der Waals surface area contributed by atoms with Crippen molar-refractivity contribution >= 4 is 26.4 Å². The predicted molar refractivity (Wildman–Crippen MR) is 68.1 cm³/mol. The normalized spacial score (nSPS) is 11.6. The quantitative estimate of drug-likeness (QED) is 0.735. The minimum atomic E-state index is 0.642. The largest absolute Gasteiger partial charge is 0.330 e. The fourth-order valence-electron chi connectivity index (χ4n) is 2.07. The molecule has 0 saturated carbocycles. The maximum absolute atomic E-state index is 5.62. The van der Waals surface area contributed by atoms with Gasteiger partial charge >= 0.3 is 0 Å². The van der Waals surface area contributed by atoms with E-state index in [1.165, 1.54) is 15.0 Å². The van der Waals surface area contributed by atoms with Gasteiger partial charge in [0.2, 0.25) is 0 Å². The molecule has 0 saturated heterocycles. The van der Waals surface area contributed by atoms with Gasteiger partial charge in [-0.05, 0) is 25.6 Å². The first-order valence-electron chi connectivity index (χ1n) is 5.37. The van der Waals surface area contributed by atoms with Crippen LogP contribution in [-0.4, -0.2) is 15.9 Å². The number of hydrogen-bond donors (Lipinski definition) is 1. The fourth-order valence-corrected chi connectivity index (χ4v) is 3.17. The highest BCUT2D eigenvalue weighted by Gasteiger charge is 2.12. The van der Waals surface area contributed by atoms with Crippen LogP contribution in [0.15, 0.2) is 24.3 Å². The van der Waals surface area contributed by atoms with Gasteiger partial charge in [-0.1, -0.05) is 12.1 Å². The highest BCUT2D eigenvalue weighted by Crippen LogP contribution is 2.29. The summed E-state index contributed by atoms with van der Waals surface area (Å²) in [5.41, 5.74) is 7.97. The second kappa shape index (κ2) is 3.57. The van der Waals surface area contributed by atoms with Crippen LogP contribution < -0.4 is 5.73 Å². The highest BCUT2D eigenvalue weighted by molar-refractivity contribution is 7.24. The van der Waals surface area contributed by atoms with Gasteiger partial charge in [-0.25, -0.2) is 4.98 Å². The highest BCUT2D eigenvalue weighted by atomic mass is 32.1. The lowest BCUT2D eigenvalue weighted by Gasteiger charge is -1.96. The number of imidazole rings is 1. The summed E-state index contributed by atoms with van der Waals surface area (Å²) in [4.78, 5) is 5.82. The molecule has 2 aromatic heterocycles. The molecule has 0 aliphatic rings. The third-order valence-electron chi connectivity index (χ3n) is 2.75. The first-order chi connectivity index (χ1) is 7.81. The summed E-state index contributed by atoms with van der Waals surface area (Å²) in [6.45, 7) is 2.70. The van der Waals surface area contributed by atoms with Crippen LogP contribution in [0.2, 0.25) is 0 Å². The summed E-state index contributed by atoms with van der Waals surface area (Å²) < 4.78 is 3.55. The third kappa shape index (κ3) is 1.27. The molecule has 4 heteroatoms. The van der Waals surface area contributed by atoms with E-state index in [-0.39, 0.29) is 0 Å². The Morgan fingerprint density at radius 1 is 1.38 bits per heavy atom. The van der Waals surface area contributed by atoms with Gasteiger partial charge in [0.05, 0.1) is 15.9 Å². The zero-order chi connectivity index (χ0) is 11.1. The Kier molecular flexibility index (Phi) is 2.19. The van der Waals surface area contributed by atoms with Crippen molar-refractivity contribution in [2.75, 3.05) is 6.54 Å². The first-order valence-corrected chi connectivity index (χ1v) is 6.18. The number of thiazole rings is 1. The fraction of sp³-hybridized carbons (Fsp3) is 0.250. The van der Waals surface area contributed by atoms with Crippen LogP contribution in [0.5, 0.6) is 0 Å². The van der Waals surface area contributed by atoms with Crippen LogP contribution in [0, 0.1) is 6.92 Å². The van der Waals surface area contributed by atoms with Crippen LogP contribution in [0.1, 0.15) is 11.5 Å². The molecule has 0 amide bonds. The van der Waals surface area contributed by atoms with E-state index >= 15 is 0 Å². The average molecular weight is 231 g/mol. The van der Waals surface area contributed by atoms with E-state index < -0.39 is 0 Å². The van der Waals surface area contributed by atoms with Crippen molar-refractivity contribution < 1.29 is 0 Å². The van der Waals surface area contributed by atoms with E-state index in [1.807, 2.05) is 0 Å². The zero-order valence-corrected chi connectivity index (χ0v) is 9.92. The molecular weight excluding hydrogens is 218 g/mol. The predicted octanol–water partition coefficient (Wildman–Crippen LogP) is 2.36.